The Hall–Kier alpha value is -1.54. The van der Waals surface area contributed by atoms with Crippen LogP contribution in [0.25, 0.3) is 11.0 Å². The van der Waals surface area contributed by atoms with Crippen molar-refractivity contribution < 1.29 is 4.21 Å². The minimum Gasteiger partial charge on any atom is -0.355 e. The maximum atomic E-state index is 11.6. The molecule has 0 aromatic carbocycles. The Bertz CT molecular complexity index is 772. The SMILES string of the molecule is O=S1CCN(c2nc(Cl)nc3c(N4CCCCC4)ncnc23)CC1. The van der Waals surface area contributed by atoms with Crippen molar-refractivity contribution in [1.29, 1.82) is 0 Å². The van der Waals surface area contributed by atoms with Crippen molar-refractivity contribution >= 4 is 45.1 Å². The van der Waals surface area contributed by atoms with E-state index in [9.17, 15) is 4.21 Å². The second-order valence-electron chi connectivity index (χ2n) is 6.09. The lowest BCUT2D eigenvalue weighted by Gasteiger charge is -2.30. The van der Waals surface area contributed by atoms with E-state index in [-0.39, 0.29) is 5.28 Å². The van der Waals surface area contributed by atoms with E-state index in [1.165, 1.54) is 6.42 Å². The summed E-state index contributed by atoms with van der Waals surface area (Å²) < 4.78 is 11.6. The third kappa shape index (κ3) is 3.04. The highest BCUT2D eigenvalue weighted by molar-refractivity contribution is 7.85. The van der Waals surface area contributed by atoms with Crippen LogP contribution in [-0.4, -0.2) is 61.8 Å². The van der Waals surface area contributed by atoms with Crippen molar-refractivity contribution in [2.45, 2.75) is 19.3 Å². The van der Waals surface area contributed by atoms with Crippen LogP contribution in [0, 0.1) is 0 Å². The number of halogens is 1. The molecule has 0 saturated carbocycles. The van der Waals surface area contributed by atoms with Crippen LogP contribution in [0.5, 0.6) is 0 Å². The van der Waals surface area contributed by atoms with Crippen LogP contribution >= 0.6 is 11.6 Å². The normalized spacial score (nSPS) is 19.9. The summed E-state index contributed by atoms with van der Waals surface area (Å²) >= 11 is 6.20. The van der Waals surface area contributed by atoms with Crippen LogP contribution < -0.4 is 9.80 Å². The summed E-state index contributed by atoms with van der Waals surface area (Å²) in [6.07, 6.45) is 5.16. The molecule has 2 fully saturated rings. The van der Waals surface area contributed by atoms with Gasteiger partial charge >= 0.3 is 0 Å². The maximum Gasteiger partial charge on any atom is 0.225 e. The van der Waals surface area contributed by atoms with Gasteiger partial charge in [0, 0.05) is 48.5 Å². The average molecular weight is 367 g/mol. The number of hydrogen-bond acceptors (Lipinski definition) is 7. The largest absolute Gasteiger partial charge is 0.355 e. The van der Waals surface area contributed by atoms with E-state index in [1.807, 2.05) is 0 Å². The molecule has 0 aliphatic carbocycles. The summed E-state index contributed by atoms with van der Waals surface area (Å²) in [5, 5.41) is 0.206. The molecule has 2 aromatic rings. The van der Waals surface area contributed by atoms with Gasteiger partial charge < -0.3 is 9.80 Å². The average Bonchev–Trinajstić information content (AvgIpc) is 2.62. The van der Waals surface area contributed by atoms with Gasteiger partial charge in [-0.05, 0) is 30.9 Å². The molecule has 2 aliphatic heterocycles. The summed E-state index contributed by atoms with van der Waals surface area (Å²) in [4.78, 5) is 22.1. The van der Waals surface area contributed by atoms with Crippen LogP contribution in [-0.2, 0) is 10.8 Å². The minimum atomic E-state index is -0.741. The van der Waals surface area contributed by atoms with Crippen LogP contribution in [0.2, 0.25) is 5.28 Å². The van der Waals surface area contributed by atoms with Gasteiger partial charge in [0.15, 0.2) is 11.6 Å². The van der Waals surface area contributed by atoms with Crippen molar-refractivity contribution in [1.82, 2.24) is 19.9 Å². The molecule has 0 N–H and O–H groups in total. The van der Waals surface area contributed by atoms with Crippen LogP contribution in [0.1, 0.15) is 19.3 Å². The molecule has 9 heteroatoms. The number of aromatic nitrogens is 4. The molecule has 128 valence electrons. The van der Waals surface area contributed by atoms with Crippen molar-refractivity contribution in [2.75, 3.05) is 47.5 Å². The van der Waals surface area contributed by atoms with Gasteiger partial charge in [0.1, 0.15) is 17.4 Å². The fourth-order valence-corrected chi connectivity index (χ4v) is 4.52. The number of hydrogen-bond donors (Lipinski definition) is 0. The third-order valence-corrected chi connectivity index (χ3v) is 5.99. The highest BCUT2D eigenvalue weighted by Crippen LogP contribution is 2.30. The fraction of sp³-hybridized carbons (Fsp3) is 0.600. The predicted molar refractivity (Wildman–Crippen MR) is 96.3 cm³/mol. The number of rotatable bonds is 2. The van der Waals surface area contributed by atoms with Gasteiger partial charge in [-0.2, -0.15) is 4.98 Å². The first-order valence-corrected chi connectivity index (χ1v) is 10.1. The molecular formula is C15H19ClN6OS. The molecular weight excluding hydrogens is 348 g/mol. The van der Waals surface area contributed by atoms with Gasteiger partial charge in [-0.15, -0.1) is 0 Å². The molecule has 0 atom stereocenters. The molecule has 0 amide bonds. The molecule has 0 unspecified atom stereocenters. The number of fused-ring (bicyclic) bond motifs is 1. The quantitative estimate of drug-likeness (QED) is 0.748. The van der Waals surface area contributed by atoms with E-state index in [1.54, 1.807) is 6.33 Å². The molecule has 7 nitrogen and oxygen atoms in total. The Morgan fingerprint density at radius 2 is 1.58 bits per heavy atom. The monoisotopic (exact) mass is 366 g/mol. The molecule has 0 spiro atoms. The van der Waals surface area contributed by atoms with Gasteiger partial charge in [-0.25, -0.2) is 15.0 Å². The zero-order valence-electron chi connectivity index (χ0n) is 13.3. The molecule has 0 bridgehead atoms. The van der Waals surface area contributed by atoms with Crippen molar-refractivity contribution in [3.63, 3.8) is 0 Å². The summed E-state index contributed by atoms with van der Waals surface area (Å²) in [7, 11) is -0.741. The second kappa shape index (κ2) is 6.76. The summed E-state index contributed by atoms with van der Waals surface area (Å²) in [5.41, 5.74) is 1.43. The minimum absolute atomic E-state index is 0.206. The smallest absolute Gasteiger partial charge is 0.225 e. The topological polar surface area (TPSA) is 75.1 Å². The van der Waals surface area contributed by atoms with Crippen LogP contribution in [0.15, 0.2) is 6.33 Å². The third-order valence-electron chi connectivity index (χ3n) is 4.55. The van der Waals surface area contributed by atoms with Crippen molar-refractivity contribution in [3.8, 4) is 0 Å². The maximum absolute atomic E-state index is 11.6. The Morgan fingerprint density at radius 3 is 2.33 bits per heavy atom. The first kappa shape index (κ1) is 16.0. The van der Waals surface area contributed by atoms with E-state index in [0.717, 1.165) is 43.1 Å². The lowest BCUT2D eigenvalue weighted by atomic mass is 10.1. The molecule has 4 rings (SSSR count). The first-order valence-electron chi connectivity index (χ1n) is 8.25. The fourth-order valence-electron chi connectivity index (χ4n) is 3.30. The number of nitrogens with zero attached hydrogens (tertiary/aromatic N) is 6. The van der Waals surface area contributed by atoms with Gasteiger partial charge in [-0.3, -0.25) is 4.21 Å². The Labute approximate surface area is 147 Å². The van der Waals surface area contributed by atoms with Gasteiger partial charge in [0.2, 0.25) is 5.28 Å². The van der Waals surface area contributed by atoms with E-state index in [2.05, 4.69) is 29.7 Å². The second-order valence-corrected chi connectivity index (χ2v) is 8.13. The summed E-state index contributed by atoms with van der Waals surface area (Å²) in [6, 6.07) is 0. The zero-order chi connectivity index (χ0) is 16.5. The predicted octanol–water partition coefficient (Wildman–Crippen LogP) is 1.63. The molecule has 2 saturated heterocycles. The molecule has 2 aliphatic rings. The lowest BCUT2D eigenvalue weighted by Crippen LogP contribution is -2.38. The lowest BCUT2D eigenvalue weighted by molar-refractivity contribution is 0.574. The van der Waals surface area contributed by atoms with Crippen LogP contribution in [0.3, 0.4) is 0 Å². The van der Waals surface area contributed by atoms with Gasteiger partial charge in [0.25, 0.3) is 0 Å². The highest BCUT2D eigenvalue weighted by atomic mass is 35.5. The molecule has 4 heterocycles. The van der Waals surface area contributed by atoms with Gasteiger partial charge in [0.05, 0.1) is 0 Å². The zero-order valence-corrected chi connectivity index (χ0v) is 14.9. The van der Waals surface area contributed by atoms with Crippen molar-refractivity contribution in [2.24, 2.45) is 0 Å². The van der Waals surface area contributed by atoms with Gasteiger partial charge in [-0.1, -0.05) is 0 Å². The number of anilines is 2. The summed E-state index contributed by atoms with van der Waals surface area (Å²) in [5.74, 6) is 2.86. The van der Waals surface area contributed by atoms with E-state index in [4.69, 9.17) is 11.6 Å². The Balaban J connectivity index is 1.79. The van der Waals surface area contributed by atoms with Crippen molar-refractivity contribution in [3.05, 3.63) is 11.6 Å². The molecule has 0 radical (unpaired) electrons. The number of piperidine rings is 1. The Morgan fingerprint density at radius 1 is 0.875 bits per heavy atom. The summed E-state index contributed by atoms with van der Waals surface area (Å²) in [6.45, 7) is 3.34. The highest BCUT2D eigenvalue weighted by Gasteiger charge is 2.23. The van der Waals surface area contributed by atoms with E-state index in [0.29, 0.717) is 30.1 Å². The Kier molecular flexibility index (Phi) is 4.49. The molecule has 2 aromatic heterocycles. The van der Waals surface area contributed by atoms with E-state index >= 15 is 0 Å². The van der Waals surface area contributed by atoms with E-state index < -0.39 is 10.8 Å². The van der Waals surface area contributed by atoms with Crippen LogP contribution in [0.4, 0.5) is 11.6 Å². The first-order chi connectivity index (χ1) is 11.7. The molecule has 24 heavy (non-hydrogen) atoms. The standard InChI is InChI=1S/C15H19ClN6OS/c16-15-19-12-11(14(20-15)22-6-8-24(23)9-7-22)17-10-18-13(12)21-4-2-1-3-5-21/h10H,1-9H2.